The van der Waals surface area contributed by atoms with E-state index in [0.717, 1.165) is 23.6 Å². The number of H-pyrrole nitrogens is 1. The standard InChI is InChI=1S/C13H15N5/c1-9-4-3-5-10(6-9)12-16-13-15-11(7-14-2)8-18(13)17-12/h3-6,8,14H,7H2,1-2H3,(H,15,16,17). The summed E-state index contributed by atoms with van der Waals surface area (Å²) < 4.78 is 1.85. The minimum absolute atomic E-state index is 0.705. The molecule has 3 rings (SSSR count). The van der Waals surface area contributed by atoms with Crippen LogP contribution < -0.4 is 5.32 Å². The lowest BCUT2D eigenvalue weighted by Gasteiger charge is -1.97. The number of hydrogen-bond donors (Lipinski definition) is 2. The average Bonchev–Trinajstić information content (AvgIpc) is 2.87. The third-order valence-electron chi connectivity index (χ3n) is 2.82. The van der Waals surface area contributed by atoms with E-state index in [-0.39, 0.29) is 0 Å². The monoisotopic (exact) mass is 241 g/mol. The van der Waals surface area contributed by atoms with Crippen LogP contribution in [0.5, 0.6) is 0 Å². The molecule has 2 N–H and O–H groups in total. The van der Waals surface area contributed by atoms with E-state index >= 15 is 0 Å². The Morgan fingerprint density at radius 3 is 2.94 bits per heavy atom. The van der Waals surface area contributed by atoms with E-state index in [1.165, 1.54) is 5.56 Å². The number of hydrogen-bond acceptors (Lipinski definition) is 3. The number of aryl methyl sites for hydroxylation is 1. The molecule has 0 radical (unpaired) electrons. The summed E-state index contributed by atoms with van der Waals surface area (Å²) in [4.78, 5) is 8.92. The molecule has 0 aliphatic carbocycles. The number of benzene rings is 1. The fourth-order valence-corrected chi connectivity index (χ4v) is 2.01. The van der Waals surface area contributed by atoms with E-state index in [1.54, 1.807) is 0 Å². The van der Waals surface area contributed by atoms with Crippen molar-refractivity contribution in [3.63, 3.8) is 0 Å². The second-order valence-corrected chi connectivity index (χ2v) is 4.37. The molecule has 0 saturated heterocycles. The number of nitrogens with one attached hydrogen (secondary N) is 2. The number of aromatic nitrogens is 4. The molecular formula is C13H15N5. The van der Waals surface area contributed by atoms with Crippen molar-refractivity contribution in [2.24, 2.45) is 0 Å². The molecule has 0 unspecified atom stereocenters. The first-order chi connectivity index (χ1) is 8.76. The van der Waals surface area contributed by atoms with Crippen LogP contribution >= 0.6 is 0 Å². The highest BCUT2D eigenvalue weighted by molar-refractivity contribution is 5.57. The van der Waals surface area contributed by atoms with Gasteiger partial charge in [0.2, 0.25) is 0 Å². The van der Waals surface area contributed by atoms with Gasteiger partial charge in [-0.3, -0.25) is 5.10 Å². The molecule has 5 heteroatoms. The predicted molar refractivity (Wildman–Crippen MR) is 70.3 cm³/mol. The van der Waals surface area contributed by atoms with E-state index in [1.807, 2.05) is 29.9 Å². The fourth-order valence-electron chi connectivity index (χ4n) is 2.01. The highest BCUT2D eigenvalue weighted by Gasteiger charge is 2.08. The van der Waals surface area contributed by atoms with Gasteiger partial charge in [0.25, 0.3) is 5.78 Å². The number of fused-ring (bicyclic) bond motifs is 1. The van der Waals surface area contributed by atoms with Gasteiger partial charge in [0.05, 0.1) is 11.9 Å². The van der Waals surface area contributed by atoms with Crippen LogP contribution in [0.1, 0.15) is 11.3 Å². The van der Waals surface area contributed by atoms with Crippen LogP contribution in [0.4, 0.5) is 0 Å². The number of aromatic amines is 1. The molecule has 0 atom stereocenters. The van der Waals surface area contributed by atoms with Gasteiger partial charge in [0, 0.05) is 12.1 Å². The minimum Gasteiger partial charge on any atom is -0.314 e. The summed E-state index contributed by atoms with van der Waals surface area (Å²) in [5, 5.41) is 6.30. The Hall–Kier alpha value is -2.14. The van der Waals surface area contributed by atoms with Gasteiger partial charge in [-0.15, -0.1) is 0 Å². The normalized spacial score (nSPS) is 11.2. The zero-order chi connectivity index (χ0) is 12.5. The van der Waals surface area contributed by atoms with Crippen molar-refractivity contribution in [3.8, 4) is 11.4 Å². The molecule has 18 heavy (non-hydrogen) atoms. The predicted octanol–water partition coefficient (Wildman–Crippen LogP) is 1.75. The summed E-state index contributed by atoms with van der Waals surface area (Å²) in [7, 11) is 1.90. The van der Waals surface area contributed by atoms with Crippen molar-refractivity contribution >= 4 is 5.78 Å². The van der Waals surface area contributed by atoms with E-state index in [2.05, 4.69) is 39.4 Å². The Kier molecular flexibility index (Phi) is 2.60. The van der Waals surface area contributed by atoms with Gasteiger partial charge in [-0.05, 0) is 20.0 Å². The molecule has 1 aromatic carbocycles. The highest BCUT2D eigenvalue weighted by Crippen LogP contribution is 2.17. The van der Waals surface area contributed by atoms with Gasteiger partial charge in [0.1, 0.15) is 0 Å². The SMILES string of the molecule is CNCc1cn2[nH]c(-c3cccc(C)c3)nc2n1. The molecule has 0 aliphatic rings. The maximum absolute atomic E-state index is 4.50. The van der Waals surface area contributed by atoms with Crippen LogP contribution in [-0.4, -0.2) is 26.6 Å². The van der Waals surface area contributed by atoms with Gasteiger partial charge in [-0.2, -0.15) is 4.98 Å². The van der Waals surface area contributed by atoms with Crippen LogP contribution in [0.3, 0.4) is 0 Å². The van der Waals surface area contributed by atoms with Gasteiger partial charge in [-0.1, -0.05) is 23.8 Å². The van der Waals surface area contributed by atoms with Gasteiger partial charge < -0.3 is 5.32 Å². The topological polar surface area (TPSA) is 58.0 Å². The molecular weight excluding hydrogens is 226 g/mol. The molecule has 2 heterocycles. The Bertz CT molecular complexity index is 648. The Morgan fingerprint density at radius 1 is 1.33 bits per heavy atom. The lowest BCUT2D eigenvalue weighted by Crippen LogP contribution is -2.05. The second-order valence-electron chi connectivity index (χ2n) is 4.37. The van der Waals surface area contributed by atoms with Crippen LogP contribution in [0.15, 0.2) is 30.5 Å². The molecule has 0 amide bonds. The summed E-state index contributed by atoms with van der Waals surface area (Å²) in [5.74, 6) is 1.55. The van der Waals surface area contributed by atoms with Crippen LogP contribution in [-0.2, 0) is 6.54 Å². The maximum atomic E-state index is 4.50. The highest BCUT2D eigenvalue weighted by atomic mass is 15.3. The first-order valence-corrected chi connectivity index (χ1v) is 5.92. The van der Waals surface area contributed by atoms with E-state index in [9.17, 15) is 0 Å². The van der Waals surface area contributed by atoms with Crippen molar-refractivity contribution in [2.45, 2.75) is 13.5 Å². The zero-order valence-electron chi connectivity index (χ0n) is 10.4. The molecule has 2 aromatic heterocycles. The van der Waals surface area contributed by atoms with Crippen molar-refractivity contribution < 1.29 is 0 Å². The first-order valence-electron chi connectivity index (χ1n) is 5.92. The second kappa shape index (κ2) is 4.27. The lowest BCUT2D eigenvalue weighted by molar-refractivity contribution is 0.795. The molecule has 0 spiro atoms. The molecule has 0 bridgehead atoms. The maximum Gasteiger partial charge on any atom is 0.251 e. The van der Waals surface area contributed by atoms with E-state index in [0.29, 0.717) is 5.78 Å². The average molecular weight is 241 g/mol. The lowest BCUT2D eigenvalue weighted by atomic mass is 10.1. The largest absolute Gasteiger partial charge is 0.314 e. The molecule has 3 aromatic rings. The van der Waals surface area contributed by atoms with Crippen molar-refractivity contribution in [1.82, 2.24) is 24.9 Å². The Morgan fingerprint density at radius 2 is 2.22 bits per heavy atom. The van der Waals surface area contributed by atoms with Gasteiger partial charge >= 0.3 is 0 Å². The number of imidazole rings is 1. The number of rotatable bonds is 3. The molecule has 5 nitrogen and oxygen atoms in total. The van der Waals surface area contributed by atoms with Crippen LogP contribution in [0.2, 0.25) is 0 Å². The summed E-state index contributed by atoms with van der Waals surface area (Å²) in [6.45, 7) is 2.82. The fraction of sp³-hybridized carbons (Fsp3) is 0.231. The first kappa shape index (κ1) is 11.0. The van der Waals surface area contributed by atoms with E-state index in [4.69, 9.17) is 0 Å². The van der Waals surface area contributed by atoms with E-state index < -0.39 is 0 Å². The molecule has 0 fully saturated rings. The van der Waals surface area contributed by atoms with Crippen LogP contribution in [0, 0.1) is 6.92 Å². The Balaban J connectivity index is 2.01. The Labute approximate surface area is 105 Å². The van der Waals surface area contributed by atoms with Crippen LogP contribution in [0.25, 0.3) is 17.2 Å². The third-order valence-corrected chi connectivity index (χ3v) is 2.82. The summed E-state index contributed by atoms with van der Waals surface area (Å²) >= 11 is 0. The van der Waals surface area contributed by atoms with Crippen molar-refractivity contribution in [2.75, 3.05) is 7.05 Å². The smallest absolute Gasteiger partial charge is 0.251 e. The molecule has 0 saturated carbocycles. The van der Waals surface area contributed by atoms with Gasteiger partial charge in [-0.25, -0.2) is 9.50 Å². The van der Waals surface area contributed by atoms with Gasteiger partial charge in [0.15, 0.2) is 5.82 Å². The quantitative estimate of drug-likeness (QED) is 0.734. The van der Waals surface area contributed by atoms with Crippen molar-refractivity contribution in [1.29, 1.82) is 0 Å². The summed E-state index contributed by atoms with van der Waals surface area (Å²) in [6, 6.07) is 8.25. The molecule has 0 aliphatic heterocycles. The third kappa shape index (κ3) is 1.89. The summed E-state index contributed by atoms with van der Waals surface area (Å²) in [5.41, 5.74) is 3.28. The zero-order valence-corrected chi connectivity index (χ0v) is 10.4. The number of nitrogens with zero attached hydrogens (tertiary/aromatic N) is 3. The summed E-state index contributed by atoms with van der Waals surface area (Å²) in [6.07, 6.45) is 1.96. The molecule has 92 valence electrons. The van der Waals surface area contributed by atoms with Crippen molar-refractivity contribution in [3.05, 3.63) is 41.7 Å². The minimum atomic E-state index is 0.705.